The molecule has 1 saturated carbocycles. The van der Waals surface area contributed by atoms with Crippen LogP contribution >= 0.6 is 11.6 Å². The number of pyridine rings is 1. The van der Waals surface area contributed by atoms with Crippen molar-refractivity contribution in [3.05, 3.63) is 35.1 Å². The van der Waals surface area contributed by atoms with Gasteiger partial charge in [0.2, 0.25) is 5.82 Å². The lowest BCUT2D eigenvalue weighted by atomic mass is 10.4. The molecule has 18 heavy (non-hydrogen) atoms. The second-order valence-electron chi connectivity index (χ2n) is 4.14. The van der Waals surface area contributed by atoms with E-state index in [0.717, 1.165) is 18.7 Å². The van der Waals surface area contributed by atoms with Crippen LogP contribution in [0, 0.1) is 0 Å². The number of nitrogens with zero attached hydrogens (tertiary/aromatic N) is 3. The maximum absolute atomic E-state index is 11.9. The van der Waals surface area contributed by atoms with Gasteiger partial charge in [-0.3, -0.25) is 9.89 Å². The maximum atomic E-state index is 11.9. The lowest BCUT2D eigenvalue weighted by Gasteiger charge is -2.01. The molecule has 0 radical (unpaired) electrons. The van der Waals surface area contributed by atoms with E-state index in [1.165, 1.54) is 6.20 Å². The highest BCUT2D eigenvalue weighted by Crippen LogP contribution is 2.37. The first kappa shape index (κ1) is 11.2. The number of carbonyl (C=O) groups excluding carboxylic acids is 1. The van der Waals surface area contributed by atoms with E-state index in [1.807, 2.05) is 0 Å². The van der Waals surface area contributed by atoms with Gasteiger partial charge in [0.15, 0.2) is 0 Å². The average Bonchev–Trinajstić information content (AvgIpc) is 3.07. The molecule has 0 bridgehead atoms. The minimum Gasteiger partial charge on any atom is -0.319 e. The molecule has 0 aliphatic heterocycles. The highest BCUT2D eigenvalue weighted by molar-refractivity contribution is 6.29. The molecule has 2 N–H and O–H groups in total. The molecule has 7 heteroatoms. The standard InChI is InChI=1S/C11H10ClN5O/c12-8-5-7(3-4-13-8)14-11(18)10-15-9(16-17-10)6-1-2-6/h3-6H,1-2H2,(H,13,14,18)(H,15,16,17). The number of anilines is 1. The van der Waals surface area contributed by atoms with Crippen molar-refractivity contribution in [3.8, 4) is 0 Å². The normalized spacial score (nSPS) is 14.5. The summed E-state index contributed by atoms with van der Waals surface area (Å²) >= 11 is 5.73. The zero-order chi connectivity index (χ0) is 12.5. The Hall–Kier alpha value is -1.95. The summed E-state index contributed by atoms with van der Waals surface area (Å²) in [4.78, 5) is 19.9. The summed E-state index contributed by atoms with van der Waals surface area (Å²) in [5, 5.41) is 9.67. The third-order valence-corrected chi connectivity index (χ3v) is 2.86. The number of H-pyrrole nitrogens is 1. The van der Waals surface area contributed by atoms with Crippen LogP contribution in [0.3, 0.4) is 0 Å². The highest BCUT2D eigenvalue weighted by Gasteiger charge is 2.28. The zero-order valence-electron chi connectivity index (χ0n) is 9.35. The van der Waals surface area contributed by atoms with Crippen LogP contribution in [0.15, 0.2) is 18.3 Å². The molecule has 0 aromatic carbocycles. The van der Waals surface area contributed by atoms with Crippen molar-refractivity contribution < 1.29 is 4.79 Å². The van der Waals surface area contributed by atoms with Crippen LogP contribution in [-0.2, 0) is 0 Å². The van der Waals surface area contributed by atoms with Gasteiger partial charge in [-0.05, 0) is 25.0 Å². The molecule has 1 fully saturated rings. The lowest BCUT2D eigenvalue weighted by Crippen LogP contribution is -2.13. The van der Waals surface area contributed by atoms with Gasteiger partial charge in [-0.1, -0.05) is 11.6 Å². The van der Waals surface area contributed by atoms with Crippen LogP contribution in [0.25, 0.3) is 0 Å². The first-order valence-electron chi connectivity index (χ1n) is 5.57. The molecule has 1 amide bonds. The Balaban J connectivity index is 1.73. The van der Waals surface area contributed by atoms with Crippen LogP contribution < -0.4 is 5.32 Å². The van der Waals surface area contributed by atoms with Gasteiger partial charge < -0.3 is 5.32 Å². The first-order chi connectivity index (χ1) is 8.72. The van der Waals surface area contributed by atoms with Crippen molar-refractivity contribution in [3.63, 3.8) is 0 Å². The van der Waals surface area contributed by atoms with Crippen molar-refractivity contribution in [1.82, 2.24) is 20.2 Å². The summed E-state index contributed by atoms with van der Waals surface area (Å²) in [7, 11) is 0. The molecule has 0 spiro atoms. The molecule has 0 saturated heterocycles. The van der Waals surface area contributed by atoms with E-state index in [2.05, 4.69) is 25.5 Å². The van der Waals surface area contributed by atoms with Gasteiger partial charge in [-0.2, -0.15) is 0 Å². The molecule has 2 aromatic heterocycles. The second-order valence-corrected chi connectivity index (χ2v) is 4.53. The molecule has 2 aromatic rings. The molecular weight excluding hydrogens is 254 g/mol. The van der Waals surface area contributed by atoms with Crippen molar-refractivity contribution in [2.45, 2.75) is 18.8 Å². The molecule has 0 atom stereocenters. The number of rotatable bonds is 3. The number of carbonyl (C=O) groups is 1. The molecule has 6 nitrogen and oxygen atoms in total. The van der Waals surface area contributed by atoms with Gasteiger partial charge in [-0.15, -0.1) is 5.10 Å². The lowest BCUT2D eigenvalue weighted by molar-refractivity contribution is 0.101. The van der Waals surface area contributed by atoms with Crippen LogP contribution in [0.5, 0.6) is 0 Å². The summed E-state index contributed by atoms with van der Waals surface area (Å²) in [6.07, 6.45) is 3.73. The molecule has 3 rings (SSSR count). The largest absolute Gasteiger partial charge is 0.319 e. The van der Waals surface area contributed by atoms with Gasteiger partial charge in [0, 0.05) is 17.8 Å². The predicted octanol–water partition coefficient (Wildman–Crippen LogP) is 1.98. The van der Waals surface area contributed by atoms with Crippen LogP contribution in [0.1, 0.15) is 35.2 Å². The third-order valence-electron chi connectivity index (χ3n) is 2.65. The Morgan fingerprint density at radius 1 is 1.50 bits per heavy atom. The van der Waals surface area contributed by atoms with Crippen molar-refractivity contribution in [1.29, 1.82) is 0 Å². The number of hydrogen-bond donors (Lipinski definition) is 2. The number of nitrogens with one attached hydrogen (secondary N) is 2. The monoisotopic (exact) mass is 263 g/mol. The van der Waals surface area contributed by atoms with Gasteiger partial charge in [0.1, 0.15) is 11.0 Å². The number of aromatic amines is 1. The highest BCUT2D eigenvalue weighted by atomic mass is 35.5. The molecule has 1 aliphatic carbocycles. The van der Waals surface area contributed by atoms with E-state index in [9.17, 15) is 4.79 Å². The fourth-order valence-electron chi connectivity index (χ4n) is 1.58. The minimum atomic E-state index is -0.361. The first-order valence-corrected chi connectivity index (χ1v) is 5.95. The van der Waals surface area contributed by atoms with E-state index in [0.29, 0.717) is 16.8 Å². The second kappa shape index (κ2) is 4.38. The Labute approximate surface area is 108 Å². The summed E-state index contributed by atoms with van der Waals surface area (Å²) in [5.41, 5.74) is 0.567. The Morgan fingerprint density at radius 3 is 3.06 bits per heavy atom. The summed E-state index contributed by atoms with van der Waals surface area (Å²) in [6.45, 7) is 0. The van der Waals surface area contributed by atoms with Crippen molar-refractivity contribution in [2.75, 3.05) is 5.32 Å². The Kier molecular flexibility index (Phi) is 2.71. The minimum absolute atomic E-state index is 0.143. The molecular formula is C11H10ClN5O. The van der Waals surface area contributed by atoms with Crippen LogP contribution in [0.2, 0.25) is 5.15 Å². The summed E-state index contributed by atoms with van der Waals surface area (Å²) < 4.78 is 0. The number of aromatic nitrogens is 4. The van der Waals surface area contributed by atoms with Crippen molar-refractivity contribution in [2.24, 2.45) is 0 Å². The smallest absolute Gasteiger partial charge is 0.295 e. The van der Waals surface area contributed by atoms with E-state index >= 15 is 0 Å². The van der Waals surface area contributed by atoms with E-state index in [4.69, 9.17) is 11.6 Å². The third kappa shape index (κ3) is 2.33. The fourth-order valence-corrected chi connectivity index (χ4v) is 1.76. The van der Waals surface area contributed by atoms with Crippen LogP contribution in [0.4, 0.5) is 5.69 Å². The Bertz CT molecular complexity index is 593. The molecule has 2 heterocycles. The predicted molar refractivity (Wildman–Crippen MR) is 65.6 cm³/mol. The average molecular weight is 264 g/mol. The van der Waals surface area contributed by atoms with Crippen molar-refractivity contribution >= 4 is 23.2 Å². The fraction of sp³-hybridized carbons (Fsp3) is 0.273. The van der Waals surface area contributed by atoms with Gasteiger partial charge in [0.25, 0.3) is 5.91 Å². The van der Waals surface area contributed by atoms with Crippen LogP contribution in [-0.4, -0.2) is 26.1 Å². The van der Waals surface area contributed by atoms with Gasteiger partial charge >= 0.3 is 0 Å². The van der Waals surface area contributed by atoms with Gasteiger partial charge in [0.05, 0.1) is 0 Å². The number of amides is 1. The van der Waals surface area contributed by atoms with Gasteiger partial charge in [-0.25, -0.2) is 9.97 Å². The van der Waals surface area contributed by atoms with E-state index in [-0.39, 0.29) is 11.7 Å². The Morgan fingerprint density at radius 2 is 2.33 bits per heavy atom. The summed E-state index contributed by atoms with van der Waals surface area (Å²) in [6, 6.07) is 3.21. The molecule has 92 valence electrons. The molecule has 1 aliphatic rings. The van der Waals surface area contributed by atoms with E-state index < -0.39 is 0 Å². The maximum Gasteiger partial charge on any atom is 0.295 e. The number of hydrogen-bond acceptors (Lipinski definition) is 4. The SMILES string of the molecule is O=C(Nc1ccnc(Cl)c1)c1n[nH]c(C2CC2)n1. The zero-order valence-corrected chi connectivity index (χ0v) is 10.1. The topological polar surface area (TPSA) is 83.6 Å². The quantitative estimate of drug-likeness (QED) is 0.830. The summed E-state index contributed by atoms with van der Waals surface area (Å²) in [5.74, 6) is 1.01. The van der Waals surface area contributed by atoms with E-state index in [1.54, 1.807) is 12.1 Å². The number of halogens is 1. The molecule has 0 unspecified atom stereocenters.